The Hall–Kier alpha value is -3.16. The lowest BCUT2D eigenvalue weighted by molar-refractivity contribution is -0.125. The average Bonchev–Trinajstić information content (AvgIpc) is 3.33. The highest BCUT2D eigenvalue weighted by atomic mass is 35.5. The molecule has 1 aliphatic rings. The largest absolute Gasteiger partial charge is 0.352 e. The van der Waals surface area contributed by atoms with E-state index in [1.807, 2.05) is 66.9 Å². The van der Waals surface area contributed by atoms with Crippen LogP contribution in [0, 0.1) is 12.8 Å². The summed E-state index contributed by atoms with van der Waals surface area (Å²) in [7, 11) is 0. The summed E-state index contributed by atoms with van der Waals surface area (Å²) in [5.41, 5.74) is 3.48. The van der Waals surface area contributed by atoms with Crippen LogP contribution in [0.4, 0.5) is 5.95 Å². The molecule has 0 aliphatic carbocycles. The molecule has 3 heterocycles. The minimum absolute atomic E-state index is 0.0145. The van der Waals surface area contributed by atoms with E-state index in [1.165, 1.54) is 11.3 Å². The molecule has 34 heavy (non-hydrogen) atoms. The number of rotatable bonds is 5. The lowest BCUT2D eigenvalue weighted by atomic mass is 9.97. The second-order valence-electron chi connectivity index (χ2n) is 8.66. The number of halogens is 1. The van der Waals surface area contributed by atoms with Crippen molar-refractivity contribution in [3.63, 3.8) is 0 Å². The molecule has 1 atom stereocenters. The van der Waals surface area contributed by atoms with E-state index >= 15 is 0 Å². The third-order valence-electron chi connectivity index (χ3n) is 6.18. The van der Waals surface area contributed by atoms with Crippen molar-refractivity contribution in [2.24, 2.45) is 5.92 Å². The maximum atomic E-state index is 13.5. The molecule has 1 saturated heterocycles. The second kappa shape index (κ2) is 9.60. The van der Waals surface area contributed by atoms with Crippen LogP contribution in [0.1, 0.15) is 24.0 Å². The standard InChI is InChI=1S/C26H25ClN4O2S/c1-17-4-2-6-21(14-17)31-25(33)23-22(11-13-34-23)29-26(31)30-12-3-5-19(16-30)24(32)28-15-18-7-9-20(27)10-8-18/h2,4,6-11,13-14,19H,3,5,12,15-16H2,1H3,(H,28,32)/t19-/m0/s1. The zero-order valence-electron chi connectivity index (χ0n) is 18.8. The molecule has 1 amide bonds. The molecule has 1 aliphatic heterocycles. The van der Waals surface area contributed by atoms with Crippen molar-refractivity contribution in [3.05, 3.63) is 86.5 Å². The van der Waals surface area contributed by atoms with Gasteiger partial charge in [-0.15, -0.1) is 11.3 Å². The zero-order chi connectivity index (χ0) is 23.7. The van der Waals surface area contributed by atoms with Crippen LogP contribution in [0.15, 0.2) is 64.8 Å². The maximum absolute atomic E-state index is 13.5. The lowest BCUT2D eigenvalue weighted by Crippen LogP contribution is -2.45. The van der Waals surface area contributed by atoms with Crippen molar-refractivity contribution in [3.8, 4) is 5.69 Å². The van der Waals surface area contributed by atoms with Gasteiger partial charge in [-0.3, -0.25) is 9.59 Å². The molecule has 0 spiro atoms. The summed E-state index contributed by atoms with van der Waals surface area (Å²) in [6, 6.07) is 17.2. The number of fused-ring (bicyclic) bond motifs is 1. The summed E-state index contributed by atoms with van der Waals surface area (Å²) in [4.78, 5) is 33.4. The molecule has 2 aromatic carbocycles. The molecule has 5 rings (SSSR count). The van der Waals surface area contributed by atoms with Gasteiger partial charge in [-0.1, -0.05) is 35.9 Å². The Bertz CT molecular complexity index is 1400. The second-order valence-corrected chi connectivity index (χ2v) is 10.0. The highest BCUT2D eigenvalue weighted by Crippen LogP contribution is 2.27. The van der Waals surface area contributed by atoms with Crippen LogP contribution < -0.4 is 15.8 Å². The Kier molecular flexibility index (Phi) is 6.39. The minimum Gasteiger partial charge on any atom is -0.352 e. The number of nitrogens with one attached hydrogen (secondary N) is 1. The van der Waals surface area contributed by atoms with Crippen molar-refractivity contribution in [2.75, 3.05) is 18.0 Å². The molecule has 1 N–H and O–H groups in total. The molecule has 0 saturated carbocycles. The Balaban J connectivity index is 1.43. The van der Waals surface area contributed by atoms with Crippen LogP contribution >= 0.6 is 22.9 Å². The third kappa shape index (κ3) is 4.58. The number of carbonyl (C=O) groups excluding carboxylic acids is 1. The van der Waals surface area contributed by atoms with Gasteiger partial charge in [0.2, 0.25) is 11.9 Å². The number of anilines is 1. The topological polar surface area (TPSA) is 67.2 Å². The van der Waals surface area contributed by atoms with Crippen LogP contribution in [0.2, 0.25) is 5.02 Å². The summed E-state index contributed by atoms with van der Waals surface area (Å²) >= 11 is 7.36. The molecule has 6 nitrogen and oxygen atoms in total. The first-order valence-electron chi connectivity index (χ1n) is 11.3. The van der Waals surface area contributed by atoms with Gasteiger partial charge >= 0.3 is 0 Å². The van der Waals surface area contributed by atoms with Gasteiger partial charge in [0.15, 0.2) is 0 Å². The van der Waals surface area contributed by atoms with Crippen molar-refractivity contribution >= 4 is 45.0 Å². The van der Waals surface area contributed by atoms with E-state index in [1.54, 1.807) is 4.57 Å². The van der Waals surface area contributed by atoms with Gasteiger partial charge in [0.1, 0.15) is 4.70 Å². The predicted molar refractivity (Wildman–Crippen MR) is 138 cm³/mol. The van der Waals surface area contributed by atoms with Gasteiger partial charge in [-0.2, -0.15) is 0 Å². The van der Waals surface area contributed by atoms with Gasteiger partial charge in [0.05, 0.1) is 17.1 Å². The quantitative estimate of drug-likeness (QED) is 0.428. The van der Waals surface area contributed by atoms with E-state index in [4.69, 9.17) is 16.6 Å². The zero-order valence-corrected chi connectivity index (χ0v) is 20.4. The van der Waals surface area contributed by atoms with Gasteiger partial charge < -0.3 is 10.2 Å². The van der Waals surface area contributed by atoms with Gasteiger partial charge in [0, 0.05) is 24.7 Å². The first-order valence-corrected chi connectivity index (χ1v) is 12.6. The van der Waals surface area contributed by atoms with Crippen molar-refractivity contribution in [2.45, 2.75) is 26.3 Å². The number of piperidine rings is 1. The minimum atomic E-state index is -0.179. The Labute approximate surface area is 206 Å². The van der Waals surface area contributed by atoms with Crippen LogP contribution in [-0.4, -0.2) is 28.5 Å². The predicted octanol–water partition coefficient (Wildman–Crippen LogP) is 4.94. The fraction of sp³-hybridized carbons (Fsp3) is 0.269. The van der Waals surface area contributed by atoms with Crippen LogP contribution in [0.25, 0.3) is 15.9 Å². The number of hydrogen-bond acceptors (Lipinski definition) is 5. The first-order chi connectivity index (χ1) is 16.5. The van der Waals surface area contributed by atoms with Gasteiger partial charge in [0.25, 0.3) is 5.56 Å². The van der Waals surface area contributed by atoms with Crippen LogP contribution in [-0.2, 0) is 11.3 Å². The summed E-state index contributed by atoms with van der Waals surface area (Å²) in [6.45, 7) is 3.72. The average molecular weight is 493 g/mol. The normalized spacial score (nSPS) is 16.1. The molecule has 0 radical (unpaired) electrons. The van der Waals surface area contributed by atoms with E-state index in [9.17, 15) is 9.59 Å². The first kappa shape index (κ1) is 22.6. The highest BCUT2D eigenvalue weighted by Gasteiger charge is 2.29. The fourth-order valence-corrected chi connectivity index (χ4v) is 5.31. The van der Waals surface area contributed by atoms with Crippen molar-refractivity contribution < 1.29 is 4.79 Å². The fourth-order valence-electron chi connectivity index (χ4n) is 4.42. The number of nitrogens with zero attached hydrogens (tertiary/aromatic N) is 3. The van der Waals surface area contributed by atoms with Crippen molar-refractivity contribution in [1.29, 1.82) is 0 Å². The highest BCUT2D eigenvalue weighted by molar-refractivity contribution is 7.17. The molecular weight excluding hydrogens is 468 g/mol. The van der Waals surface area contributed by atoms with E-state index < -0.39 is 0 Å². The summed E-state index contributed by atoms with van der Waals surface area (Å²) in [5, 5.41) is 5.62. The smallest absolute Gasteiger partial charge is 0.277 e. The molecule has 0 unspecified atom stereocenters. The molecule has 0 bridgehead atoms. The maximum Gasteiger partial charge on any atom is 0.277 e. The number of aryl methyl sites for hydroxylation is 1. The number of hydrogen-bond donors (Lipinski definition) is 1. The molecular formula is C26H25ClN4O2S. The summed E-state index contributed by atoms with van der Waals surface area (Å²) in [5.74, 6) is 0.430. The Morgan fingerprint density at radius 2 is 2.03 bits per heavy atom. The van der Waals surface area contributed by atoms with E-state index in [-0.39, 0.29) is 17.4 Å². The van der Waals surface area contributed by atoms with Crippen LogP contribution in [0.3, 0.4) is 0 Å². The SMILES string of the molecule is Cc1cccc(-n2c(N3CCC[C@H](C(=O)NCc4ccc(Cl)cc4)C3)nc3ccsc3c2=O)c1. The number of aromatic nitrogens is 2. The van der Waals surface area contributed by atoms with E-state index in [0.29, 0.717) is 34.3 Å². The third-order valence-corrected chi connectivity index (χ3v) is 7.32. The monoisotopic (exact) mass is 492 g/mol. The number of thiophene rings is 1. The molecule has 1 fully saturated rings. The van der Waals surface area contributed by atoms with E-state index in [2.05, 4.69) is 10.2 Å². The lowest BCUT2D eigenvalue weighted by Gasteiger charge is -2.34. The molecule has 8 heteroatoms. The Morgan fingerprint density at radius 3 is 2.82 bits per heavy atom. The summed E-state index contributed by atoms with van der Waals surface area (Å²) < 4.78 is 2.33. The molecule has 4 aromatic rings. The number of amides is 1. The van der Waals surface area contributed by atoms with Crippen LogP contribution in [0.5, 0.6) is 0 Å². The number of benzene rings is 2. The molecule has 174 valence electrons. The van der Waals surface area contributed by atoms with Gasteiger partial charge in [-0.25, -0.2) is 9.55 Å². The van der Waals surface area contributed by atoms with E-state index in [0.717, 1.165) is 36.2 Å². The van der Waals surface area contributed by atoms with Crippen molar-refractivity contribution in [1.82, 2.24) is 14.9 Å². The number of carbonyl (C=O) groups is 1. The molecule has 2 aromatic heterocycles. The summed E-state index contributed by atoms with van der Waals surface area (Å²) in [6.07, 6.45) is 1.66. The Morgan fingerprint density at radius 1 is 1.21 bits per heavy atom. The van der Waals surface area contributed by atoms with Gasteiger partial charge in [-0.05, 0) is 66.6 Å².